The Balaban J connectivity index is 1.78. The minimum Gasteiger partial charge on any atom is -0.393 e. The smallest absolute Gasteiger partial charge is 0.178 e. The maximum Gasteiger partial charge on any atom is 0.178 e. The van der Waals surface area contributed by atoms with Crippen LogP contribution in [0.4, 0.5) is 4.39 Å². The molecule has 0 aromatic rings. The highest BCUT2D eigenvalue weighted by atomic mass is 19.1. The number of hydrogen-bond donors (Lipinski definition) is 2. The first-order valence-electron chi connectivity index (χ1n) is 9.72. The van der Waals surface area contributed by atoms with Crippen molar-refractivity contribution in [2.75, 3.05) is 6.61 Å². The number of rotatable bonds is 2. The molecule has 4 aliphatic carbocycles. The van der Waals surface area contributed by atoms with Crippen LogP contribution >= 0.6 is 0 Å². The minimum atomic E-state index is -1.24. The second-order valence-electron chi connectivity index (χ2n) is 9.31. The van der Waals surface area contributed by atoms with Crippen LogP contribution in [0.15, 0.2) is 36.0 Å². The molecule has 0 spiro atoms. The lowest BCUT2D eigenvalue weighted by Gasteiger charge is -2.59. The monoisotopic (exact) mass is 374 g/mol. The molecule has 4 rings (SSSR count). The molecule has 0 aromatic carbocycles. The molecule has 0 radical (unpaired) electrons. The number of allylic oxidation sites excluding steroid dienone is 5. The summed E-state index contributed by atoms with van der Waals surface area (Å²) < 4.78 is 15.2. The van der Waals surface area contributed by atoms with Crippen LogP contribution in [0.3, 0.4) is 0 Å². The summed E-state index contributed by atoms with van der Waals surface area (Å²) in [5, 5.41) is 20.6. The van der Waals surface area contributed by atoms with Crippen molar-refractivity contribution in [2.45, 2.75) is 45.4 Å². The third-order valence-corrected chi connectivity index (χ3v) is 7.94. The number of aliphatic hydroxyl groups excluding tert-OH is 2. The molecule has 0 aliphatic heterocycles. The van der Waals surface area contributed by atoms with Crippen molar-refractivity contribution in [3.05, 3.63) is 36.0 Å². The van der Waals surface area contributed by atoms with Crippen LogP contribution in [0.25, 0.3) is 0 Å². The number of ketones is 2. The van der Waals surface area contributed by atoms with Gasteiger partial charge < -0.3 is 10.2 Å². The maximum absolute atomic E-state index is 15.2. The van der Waals surface area contributed by atoms with Gasteiger partial charge in [0.2, 0.25) is 0 Å². The van der Waals surface area contributed by atoms with E-state index in [1.165, 1.54) is 12.2 Å². The molecule has 8 atom stereocenters. The second kappa shape index (κ2) is 5.95. The van der Waals surface area contributed by atoms with Crippen LogP contribution in [0, 0.1) is 34.5 Å². The van der Waals surface area contributed by atoms with Crippen LogP contribution < -0.4 is 0 Å². The Morgan fingerprint density at radius 3 is 2.78 bits per heavy atom. The van der Waals surface area contributed by atoms with Crippen LogP contribution in [-0.4, -0.2) is 40.7 Å². The molecule has 3 fully saturated rings. The summed E-state index contributed by atoms with van der Waals surface area (Å²) in [6.07, 6.45) is 3.96. The summed E-state index contributed by atoms with van der Waals surface area (Å²) in [6, 6.07) is 0. The number of carbonyl (C=O) groups is 2. The lowest BCUT2D eigenvalue weighted by molar-refractivity contribution is -0.142. The summed E-state index contributed by atoms with van der Waals surface area (Å²) in [5.41, 5.74) is 0.0322. The molecule has 0 saturated heterocycles. The van der Waals surface area contributed by atoms with Crippen LogP contribution in [0.2, 0.25) is 0 Å². The van der Waals surface area contributed by atoms with Crippen molar-refractivity contribution in [3.63, 3.8) is 0 Å². The maximum atomic E-state index is 15.2. The number of aliphatic hydroxyl groups is 2. The number of alkyl halides is 1. The van der Waals surface area contributed by atoms with E-state index in [2.05, 4.69) is 6.58 Å². The van der Waals surface area contributed by atoms with Gasteiger partial charge in [-0.3, -0.25) is 9.59 Å². The first kappa shape index (κ1) is 18.8. The molecular formula is C22H27FO4. The van der Waals surface area contributed by atoms with Crippen molar-refractivity contribution in [2.24, 2.45) is 34.5 Å². The zero-order chi connectivity index (χ0) is 19.7. The summed E-state index contributed by atoms with van der Waals surface area (Å²) in [5.74, 6) is -1.24. The molecule has 4 aliphatic rings. The zero-order valence-corrected chi connectivity index (χ0v) is 15.8. The average molecular weight is 374 g/mol. The van der Waals surface area contributed by atoms with E-state index in [4.69, 9.17) is 0 Å². The van der Waals surface area contributed by atoms with Gasteiger partial charge in [-0.2, -0.15) is 0 Å². The van der Waals surface area contributed by atoms with Crippen LogP contribution in [-0.2, 0) is 9.59 Å². The van der Waals surface area contributed by atoms with Gasteiger partial charge in [-0.1, -0.05) is 32.1 Å². The third-order valence-electron chi connectivity index (χ3n) is 7.94. The van der Waals surface area contributed by atoms with E-state index in [0.717, 1.165) is 5.57 Å². The number of fused-ring (bicyclic) bond motifs is 5. The van der Waals surface area contributed by atoms with Crippen molar-refractivity contribution in [1.82, 2.24) is 0 Å². The molecule has 146 valence electrons. The van der Waals surface area contributed by atoms with E-state index < -0.39 is 35.6 Å². The highest BCUT2D eigenvalue weighted by Crippen LogP contribution is 2.67. The van der Waals surface area contributed by atoms with Crippen LogP contribution in [0.1, 0.15) is 33.1 Å². The molecule has 3 saturated carbocycles. The van der Waals surface area contributed by atoms with Crippen molar-refractivity contribution in [3.8, 4) is 0 Å². The van der Waals surface area contributed by atoms with Gasteiger partial charge in [0.1, 0.15) is 12.8 Å². The molecule has 0 amide bonds. The fraction of sp³-hybridized carbons (Fsp3) is 0.636. The predicted octanol–water partition coefficient (Wildman–Crippen LogP) is 2.56. The van der Waals surface area contributed by atoms with Gasteiger partial charge >= 0.3 is 0 Å². The fourth-order valence-corrected chi connectivity index (χ4v) is 6.98. The lowest BCUT2D eigenvalue weighted by Crippen LogP contribution is -2.58. The largest absolute Gasteiger partial charge is 0.393 e. The summed E-state index contributed by atoms with van der Waals surface area (Å²) in [7, 11) is 0. The highest BCUT2D eigenvalue weighted by Gasteiger charge is 2.64. The Bertz CT molecular complexity index is 783. The first-order chi connectivity index (χ1) is 12.6. The topological polar surface area (TPSA) is 74.6 Å². The second-order valence-corrected chi connectivity index (χ2v) is 9.31. The molecule has 4 nitrogen and oxygen atoms in total. The Morgan fingerprint density at radius 2 is 2.11 bits per heavy atom. The first-order valence-corrected chi connectivity index (χ1v) is 9.72. The van der Waals surface area contributed by atoms with E-state index in [1.807, 2.05) is 13.8 Å². The van der Waals surface area contributed by atoms with Gasteiger partial charge in [0, 0.05) is 17.3 Å². The molecule has 27 heavy (non-hydrogen) atoms. The minimum absolute atomic E-state index is 0.0292. The molecule has 0 bridgehead atoms. The molecule has 0 unspecified atom stereocenters. The van der Waals surface area contributed by atoms with E-state index >= 15 is 4.39 Å². The quantitative estimate of drug-likeness (QED) is 0.729. The van der Waals surface area contributed by atoms with Gasteiger partial charge in [0.15, 0.2) is 11.6 Å². The number of Topliss-reactive ketones (excluding diaryl/α,β-unsaturated/α-hetero) is 1. The number of hydrogen-bond acceptors (Lipinski definition) is 4. The predicted molar refractivity (Wildman–Crippen MR) is 98.4 cm³/mol. The fourth-order valence-electron chi connectivity index (χ4n) is 6.98. The van der Waals surface area contributed by atoms with E-state index in [0.29, 0.717) is 18.4 Å². The average Bonchev–Trinajstić information content (AvgIpc) is 2.85. The Hall–Kier alpha value is -1.59. The number of carbonyl (C=O) groups excluding carboxylic acids is 2. The molecule has 0 heterocycles. The van der Waals surface area contributed by atoms with Gasteiger partial charge in [-0.15, -0.1) is 0 Å². The summed E-state index contributed by atoms with van der Waals surface area (Å²) >= 11 is 0. The van der Waals surface area contributed by atoms with Crippen molar-refractivity contribution in [1.29, 1.82) is 0 Å². The zero-order valence-electron chi connectivity index (χ0n) is 15.8. The number of halogens is 1. The molecule has 0 aromatic heterocycles. The van der Waals surface area contributed by atoms with E-state index in [1.54, 1.807) is 6.08 Å². The van der Waals surface area contributed by atoms with Gasteiger partial charge in [0.05, 0.1) is 6.10 Å². The van der Waals surface area contributed by atoms with Crippen molar-refractivity contribution >= 4 is 11.6 Å². The highest BCUT2D eigenvalue weighted by molar-refractivity contribution is 6.01. The van der Waals surface area contributed by atoms with Gasteiger partial charge in [-0.05, 0) is 54.2 Å². The molecule has 2 N–H and O–H groups in total. The van der Waals surface area contributed by atoms with Crippen molar-refractivity contribution < 1.29 is 24.2 Å². The summed E-state index contributed by atoms with van der Waals surface area (Å²) in [4.78, 5) is 24.2. The molecular weight excluding hydrogens is 347 g/mol. The standard InChI is InChI=1S/C22H27FO4/c1-11-6-14-13-8-16(23)15-7-12(25)4-5-21(15,2)20(13)17(26)9-22(14,3)19(11)18(27)10-24/h4-5,7,13-14,16-17,19-20,24,26H,1,6,8-10H2,2-3H3/t13-,14-,16-,17-,19+,20+,21-,22-/m0/s1. The van der Waals surface area contributed by atoms with Gasteiger partial charge in [-0.25, -0.2) is 4.39 Å². The third kappa shape index (κ3) is 2.40. The summed E-state index contributed by atoms with van der Waals surface area (Å²) in [6.45, 7) is 7.44. The van der Waals surface area contributed by atoms with Gasteiger partial charge in [0.25, 0.3) is 0 Å². The molecule has 5 heteroatoms. The Kier molecular flexibility index (Phi) is 4.13. The lowest BCUT2D eigenvalue weighted by atomic mass is 9.46. The SMILES string of the molecule is C=C1C[C@H]2[C@@H]3C[C@H](F)C4=CC(=O)C=C[C@]4(C)[C@H]3[C@@H](O)C[C@]2(C)[C@H]1C(=O)CO. The van der Waals surface area contributed by atoms with Crippen LogP contribution in [0.5, 0.6) is 0 Å². The Morgan fingerprint density at radius 1 is 1.41 bits per heavy atom. The van der Waals surface area contributed by atoms with E-state index in [9.17, 15) is 19.8 Å². The Labute approximate surface area is 158 Å². The van der Waals surface area contributed by atoms with E-state index in [-0.39, 0.29) is 35.7 Å². The normalized spacial score (nSPS) is 48.6.